The molecule has 1 amide bonds. The Balaban J connectivity index is 1.54. The highest BCUT2D eigenvalue weighted by Gasteiger charge is 2.23. The van der Waals surface area contributed by atoms with E-state index in [4.69, 9.17) is 4.74 Å². The van der Waals surface area contributed by atoms with Crippen LogP contribution in [0.5, 0.6) is 11.5 Å². The topological polar surface area (TPSA) is 29.5 Å². The van der Waals surface area contributed by atoms with E-state index in [0.717, 1.165) is 35.9 Å². The van der Waals surface area contributed by atoms with Gasteiger partial charge >= 0.3 is 0 Å². The molecule has 0 aromatic heterocycles. The smallest absolute Gasteiger partial charge is 0.246 e. The van der Waals surface area contributed by atoms with Crippen LogP contribution in [-0.4, -0.2) is 17.4 Å². The molecule has 0 saturated heterocycles. The summed E-state index contributed by atoms with van der Waals surface area (Å²) in [6, 6.07) is 14.6. The molecule has 0 atom stereocenters. The van der Waals surface area contributed by atoms with Gasteiger partial charge in [0.2, 0.25) is 5.91 Å². The van der Waals surface area contributed by atoms with Crippen LogP contribution in [0.2, 0.25) is 0 Å². The van der Waals surface area contributed by atoms with E-state index >= 15 is 0 Å². The lowest BCUT2D eigenvalue weighted by Gasteiger charge is -2.28. The first-order valence-electron chi connectivity index (χ1n) is 8.54. The third kappa shape index (κ3) is 3.07. The average Bonchev–Trinajstić information content (AvgIpc) is 3.46. The molecule has 4 rings (SSSR count). The van der Waals surface area contributed by atoms with E-state index in [0.29, 0.717) is 6.54 Å². The van der Waals surface area contributed by atoms with Gasteiger partial charge in [-0.15, -0.1) is 0 Å². The molecule has 1 fully saturated rings. The predicted octanol–water partition coefficient (Wildman–Crippen LogP) is 4.43. The second-order valence-corrected chi connectivity index (χ2v) is 6.59. The van der Waals surface area contributed by atoms with E-state index in [1.165, 1.54) is 30.0 Å². The number of amides is 1. The molecule has 2 aromatic rings. The van der Waals surface area contributed by atoms with Gasteiger partial charge in [-0.3, -0.25) is 4.79 Å². The molecule has 24 heavy (non-hydrogen) atoms. The van der Waals surface area contributed by atoms with Crippen molar-refractivity contribution >= 4 is 5.91 Å². The molecule has 0 spiro atoms. The first-order chi connectivity index (χ1) is 11.7. The second kappa shape index (κ2) is 6.16. The van der Waals surface area contributed by atoms with Crippen LogP contribution in [0.1, 0.15) is 35.4 Å². The molecular weight excluding hydrogens is 298 g/mol. The molecule has 1 aliphatic carbocycles. The van der Waals surface area contributed by atoms with Gasteiger partial charge in [0.25, 0.3) is 0 Å². The molecule has 1 heterocycles. The van der Waals surface area contributed by atoms with E-state index in [9.17, 15) is 4.79 Å². The van der Waals surface area contributed by atoms with Crippen LogP contribution >= 0.6 is 0 Å². The van der Waals surface area contributed by atoms with Gasteiger partial charge in [0.15, 0.2) is 0 Å². The number of rotatable bonds is 4. The van der Waals surface area contributed by atoms with E-state index < -0.39 is 0 Å². The Kier molecular flexibility index (Phi) is 3.85. The molecule has 1 saturated carbocycles. The maximum absolute atomic E-state index is 11.8. The third-order valence-corrected chi connectivity index (χ3v) is 4.82. The SMILES string of the molecule is C=CC(=O)N1CCc2ccc(Oc3cccc(C4CC4)c3)cc2C1. The summed E-state index contributed by atoms with van der Waals surface area (Å²) < 4.78 is 6.06. The number of nitrogens with zero attached hydrogens (tertiary/aromatic N) is 1. The van der Waals surface area contributed by atoms with Crippen LogP contribution in [0.3, 0.4) is 0 Å². The highest BCUT2D eigenvalue weighted by molar-refractivity contribution is 5.87. The van der Waals surface area contributed by atoms with E-state index in [1.54, 1.807) is 0 Å². The Labute approximate surface area is 142 Å². The molecule has 2 aliphatic rings. The first-order valence-corrected chi connectivity index (χ1v) is 8.54. The Morgan fingerprint density at radius 1 is 1.12 bits per heavy atom. The van der Waals surface area contributed by atoms with Gasteiger partial charge in [0.05, 0.1) is 0 Å². The fourth-order valence-corrected chi connectivity index (χ4v) is 3.30. The van der Waals surface area contributed by atoms with Gasteiger partial charge in [0, 0.05) is 13.1 Å². The summed E-state index contributed by atoms with van der Waals surface area (Å²) in [5.41, 5.74) is 3.82. The van der Waals surface area contributed by atoms with Crippen LogP contribution in [0.4, 0.5) is 0 Å². The predicted molar refractivity (Wildman–Crippen MR) is 94.3 cm³/mol. The van der Waals surface area contributed by atoms with Crippen molar-refractivity contribution in [2.24, 2.45) is 0 Å². The largest absolute Gasteiger partial charge is 0.457 e. The van der Waals surface area contributed by atoms with Crippen molar-refractivity contribution in [2.75, 3.05) is 6.54 Å². The number of fused-ring (bicyclic) bond motifs is 1. The highest BCUT2D eigenvalue weighted by atomic mass is 16.5. The number of hydrogen-bond donors (Lipinski definition) is 0. The summed E-state index contributed by atoms with van der Waals surface area (Å²) in [4.78, 5) is 13.7. The molecule has 3 heteroatoms. The molecule has 2 aromatic carbocycles. The van der Waals surface area contributed by atoms with Crippen molar-refractivity contribution in [3.8, 4) is 11.5 Å². The minimum atomic E-state index is -0.0101. The highest BCUT2D eigenvalue weighted by Crippen LogP contribution is 2.41. The Morgan fingerprint density at radius 3 is 2.75 bits per heavy atom. The van der Waals surface area contributed by atoms with Crippen molar-refractivity contribution < 1.29 is 9.53 Å². The molecule has 122 valence electrons. The summed E-state index contributed by atoms with van der Waals surface area (Å²) in [6.07, 6.45) is 4.84. The molecular formula is C21H21NO2. The lowest BCUT2D eigenvalue weighted by molar-refractivity contribution is -0.126. The lowest BCUT2D eigenvalue weighted by atomic mass is 9.99. The maximum atomic E-state index is 11.8. The van der Waals surface area contributed by atoms with Crippen molar-refractivity contribution in [3.05, 3.63) is 71.8 Å². The summed E-state index contributed by atoms with van der Waals surface area (Å²) in [5.74, 6) is 2.42. The third-order valence-electron chi connectivity index (χ3n) is 4.82. The molecule has 0 bridgehead atoms. The van der Waals surface area contributed by atoms with E-state index in [-0.39, 0.29) is 5.91 Å². The number of carbonyl (C=O) groups excluding carboxylic acids is 1. The Hall–Kier alpha value is -2.55. The number of ether oxygens (including phenoxy) is 1. The summed E-state index contributed by atoms with van der Waals surface area (Å²) in [6.45, 7) is 4.95. The van der Waals surface area contributed by atoms with E-state index in [1.807, 2.05) is 17.0 Å². The number of benzene rings is 2. The summed E-state index contributed by atoms with van der Waals surface area (Å²) >= 11 is 0. The Morgan fingerprint density at radius 2 is 1.96 bits per heavy atom. The van der Waals surface area contributed by atoms with E-state index in [2.05, 4.69) is 36.9 Å². The lowest BCUT2D eigenvalue weighted by Crippen LogP contribution is -2.34. The summed E-state index contributed by atoms with van der Waals surface area (Å²) in [5, 5.41) is 0. The van der Waals surface area contributed by atoms with Gasteiger partial charge in [-0.05, 0) is 72.2 Å². The van der Waals surface area contributed by atoms with Gasteiger partial charge in [-0.1, -0.05) is 24.8 Å². The van der Waals surface area contributed by atoms with Crippen LogP contribution < -0.4 is 4.74 Å². The molecule has 0 N–H and O–H groups in total. The quantitative estimate of drug-likeness (QED) is 0.780. The van der Waals surface area contributed by atoms with Gasteiger partial charge in [-0.2, -0.15) is 0 Å². The average molecular weight is 319 g/mol. The van der Waals surface area contributed by atoms with Gasteiger partial charge in [-0.25, -0.2) is 0 Å². The van der Waals surface area contributed by atoms with Gasteiger partial charge < -0.3 is 9.64 Å². The van der Waals surface area contributed by atoms with Crippen molar-refractivity contribution in [3.63, 3.8) is 0 Å². The monoisotopic (exact) mass is 319 g/mol. The maximum Gasteiger partial charge on any atom is 0.246 e. The normalized spacial score (nSPS) is 16.4. The minimum Gasteiger partial charge on any atom is -0.457 e. The van der Waals surface area contributed by atoms with Gasteiger partial charge in [0.1, 0.15) is 11.5 Å². The number of hydrogen-bond acceptors (Lipinski definition) is 2. The molecule has 0 radical (unpaired) electrons. The zero-order chi connectivity index (χ0) is 16.5. The zero-order valence-electron chi connectivity index (χ0n) is 13.7. The minimum absolute atomic E-state index is 0.0101. The van der Waals surface area contributed by atoms with Crippen LogP contribution in [0, 0.1) is 0 Å². The second-order valence-electron chi connectivity index (χ2n) is 6.59. The zero-order valence-corrected chi connectivity index (χ0v) is 13.7. The molecule has 3 nitrogen and oxygen atoms in total. The Bertz CT molecular complexity index is 792. The molecule has 1 aliphatic heterocycles. The number of carbonyl (C=O) groups is 1. The van der Waals surface area contributed by atoms with Crippen LogP contribution in [-0.2, 0) is 17.8 Å². The van der Waals surface area contributed by atoms with Crippen LogP contribution in [0.25, 0.3) is 0 Å². The molecule has 0 unspecified atom stereocenters. The standard InChI is InChI=1S/C21H21NO2/c1-2-21(23)22-11-10-16-8-9-20(13-18(16)14-22)24-19-5-3-4-17(12-19)15-6-7-15/h2-5,8-9,12-13,15H,1,6-7,10-11,14H2. The fourth-order valence-electron chi connectivity index (χ4n) is 3.30. The van der Waals surface area contributed by atoms with Crippen molar-refractivity contribution in [1.29, 1.82) is 0 Å². The van der Waals surface area contributed by atoms with Crippen molar-refractivity contribution in [1.82, 2.24) is 4.90 Å². The fraction of sp³-hybridized carbons (Fsp3) is 0.286. The first kappa shape index (κ1) is 15.0. The summed E-state index contributed by atoms with van der Waals surface area (Å²) in [7, 11) is 0. The van der Waals surface area contributed by atoms with Crippen LogP contribution in [0.15, 0.2) is 55.1 Å². The van der Waals surface area contributed by atoms with Crippen molar-refractivity contribution in [2.45, 2.75) is 31.7 Å².